The molecule has 3 nitrogen and oxygen atoms in total. The highest BCUT2D eigenvalue weighted by atomic mass is 16.5. The fraction of sp³-hybridized carbons (Fsp3) is 0.118. The van der Waals surface area contributed by atoms with E-state index in [4.69, 9.17) is 4.74 Å². The van der Waals surface area contributed by atoms with Crippen molar-refractivity contribution in [2.75, 3.05) is 0 Å². The van der Waals surface area contributed by atoms with Crippen LogP contribution in [0.1, 0.15) is 11.3 Å². The standard InChI is InChI=1S/C17H15NO2/c1-12-9-13(16-7-2-3-8-17(16)18-12)11-20-15-6-4-5-14(19)10-15/h2-10,19H,11H2,1H3. The van der Waals surface area contributed by atoms with E-state index in [2.05, 4.69) is 4.98 Å². The molecule has 0 radical (unpaired) electrons. The first-order chi connectivity index (χ1) is 9.72. The van der Waals surface area contributed by atoms with E-state index < -0.39 is 0 Å². The first kappa shape index (κ1) is 12.5. The Kier molecular flexibility index (Phi) is 3.25. The summed E-state index contributed by atoms with van der Waals surface area (Å²) in [4.78, 5) is 4.51. The SMILES string of the molecule is Cc1cc(COc2cccc(O)c2)c2ccccc2n1. The Bertz CT molecular complexity index is 753. The third kappa shape index (κ3) is 2.57. The molecule has 0 saturated heterocycles. The molecule has 100 valence electrons. The number of hydrogen-bond donors (Lipinski definition) is 1. The Morgan fingerprint density at radius 1 is 1.05 bits per heavy atom. The molecule has 1 N–H and O–H groups in total. The summed E-state index contributed by atoms with van der Waals surface area (Å²) in [5, 5.41) is 10.5. The largest absolute Gasteiger partial charge is 0.508 e. The third-order valence-corrected chi connectivity index (χ3v) is 3.14. The molecule has 3 rings (SSSR count). The lowest BCUT2D eigenvalue weighted by atomic mass is 10.1. The van der Waals surface area contributed by atoms with Crippen LogP contribution in [0.3, 0.4) is 0 Å². The molecule has 0 amide bonds. The van der Waals surface area contributed by atoms with Crippen molar-refractivity contribution < 1.29 is 9.84 Å². The van der Waals surface area contributed by atoms with E-state index >= 15 is 0 Å². The van der Waals surface area contributed by atoms with Crippen LogP contribution in [0.2, 0.25) is 0 Å². The Morgan fingerprint density at radius 2 is 1.90 bits per heavy atom. The van der Waals surface area contributed by atoms with Crippen LogP contribution in [-0.4, -0.2) is 10.1 Å². The van der Waals surface area contributed by atoms with Crippen LogP contribution < -0.4 is 4.74 Å². The normalized spacial score (nSPS) is 10.7. The van der Waals surface area contributed by atoms with E-state index in [1.54, 1.807) is 18.2 Å². The lowest BCUT2D eigenvalue weighted by Gasteiger charge is -2.10. The van der Waals surface area contributed by atoms with Gasteiger partial charge in [0.1, 0.15) is 18.1 Å². The van der Waals surface area contributed by atoms with Gasteiger partial charge in [0.05, 0.1) is 5.52 Å². The zero-order chi connectivity index (χ0) is 13.9. The van der Waals surface area contributed by atoms with Gasteiger partial charge >= 0.3 is 0 Å². The van der Waals surface area contributed by atoms with Gasteiger partial charge < -0.3 is 9.84 Å². The second-order valence-electron chi connectivity index (χ2n) is 4.73. The molecule has 0 atom stereocenters. The molecule has 3 heteroatoms. The van der Waals surface area contributed by atoms with Gasteiger partial charge in [0.15, 0.2) is 0 Å². The molecular formula is C17H15NO2. The minimum atomic E-state index is 0.207. The summed E-state index contributed by atoms with van der Waals surface area (Å²) in [6.45, 7) is 2.43. The summed E-state index contributed by atoms with van der Waals surface area (Å²) in [6, 6.07) is 16.9. The predicted octanol–water partition coefficient (Wildman–Crippen LogP) is 3.83. The van der Waals surface area contributed by atoms with Gasteiger partial charge in [0.2, 0.25) is 0 Å². The van der Waals surface area contributed by atoms with Crippen LogP contribution in [0.25, 0.3) is 10.9 Å². The number of aromatic hydroxyl groups is 1. The fourth-order valence-electron chi connectivity index (χ4n) is 2.25. The number of para-hydroxylation sites is 1. The second kappa shape index (κ2) is 5.21. The number of pyridine rings is 1. The number of ether oxygens (including phenoxy) is 1. The van der Waals surface area contributed by atoms with Gasteiger partial charge in [0, 0.05) is 22.7 Å². The van der Waals surface area contributed by atoms with Crippen molar-refractivity contribution >= 4 is 10.9 Å². The van der Waals surface area contributed by atoms with Gasteiger partial charge in [-0.25, -0.2) is 0 Å². The van der Waals surface area contributed by atoms with Gasteiger partial charge in [-0.2, -0.15) is 0 Å². The topological polar surface area (TPSA) is 42.4 Å². The first-order valence-electron chi connectivity index (χ1n) is 6.49. The van der Waals surface area contributed by atoms with Gasteiger partial charge in [-0.1, -0.05) is 24.3 Å². The minimum Gasteiger partial charge on any atom is -0.508 e. The molecule has 0 aliphatic carbocycles. The molecule has 0 fully saturated rings. The Labute approximate surface area is 117 Å². The van der Waals surface area contributed by atoms with Crippen molar-refractivity contribution in [3.63, 3.8) is 0 Å². The third-order valence-electron chi connectivity index (χ3n) is 3.14. The van der Waals surface area contributed by atoms with E-state index in [0.717, 1.165) is 22.2 Å². The summed E-state index contributed by atoms with van der Waals surface area (Å²) in [5.74, 6) is 0.863. The molecule has 0 spiro atoms. The maximum absolute atomic E-state index is 9.44. The molecule has 0 aliphatic rings. The number of rotatable bonds is 3. The van der Waals surface area contributed by atoms with Crippen molar-refractivity contribution in [1.29, 1.82) is 0 Å². The molecule has 20 heavy (non-hydrogen) atoms. The van der Waals surface area contributed by atoms with Crippen LogP contribution in [0.5, 0.6) is 11.5 Å². The van der Waals surface area contributed by atoms with Crippen molar-refractivity contribution in [1.82, 2.24) is 4.98 Å². The average molecular weight is 265 g/mol. The van der Waals surface area contributed by atoms with Gasteiger partial charge in [0.25, 0.3) is 0 Å². The number of benzene rings is 2. The molecule has 0 saturated carbocycles. The number of aryl methyl sites for hydroxylation is 1. The highest BCUT2D eigenvalue weighted by Crippen LogP contribution is 2.22. The van der Waals surface area contributed by atoms with Gasteiger partial charge in [-0.05, 0) is 31.2 Å². The number of phenols is 1. The van der Waals surface area contributed by atoms with E-state index in [1.807, 2.05) is 43.3 Å². The predicted molar refractivity (Wildman–Crippen MR) is 78.9 cm³/mol. The van der Waals surface area contributed by atoms with E-state index in [0.29, 0.717) is 12.4 Å². The molecule has 0 aliphatic heterocycles. The second-order valence-corrected chi connectivity index (χ2v) is 4.73. The maximum atomic E-state index is 9.44. The molecule has 0 unspecified atom stereocenters. The first-order valence-corrected chi connectivity index (χ1v) is 6.49. The molecule has 3 aromatic rings. The Morgan fingerprint density at radius 3 is 2.75 bits per heavy atom. The number of nitrogens with zero attached hydrogens (tertiary/aromatic N) is 1. The molecule has 0 bridgehead atoms. The highest BCUT2D eigenvalue weighted by molar-refractivity contribution is 5.82. The molecule has 1 heterocycles. The highest BCUT2D eigenvalue weighted by Gasteiger charge is 2.04. The Balaban J connectivity index is 1.91. The van der Waals surface area contributed by atoms with Gasteiger partial charge in [-0.3, -0.25) is 4.98 Å². The van der Waals surface area contributed by atoms with E-state index in [1.165, 1.54) is 0 Å². The Hall–Kier alpha value is -2.55. The maximum Gasteiger partial charge on any atom is 0.123 e. The number of fused-ring (bicyclic) bond motifs is 1. The van der Waals surface area contributed by atoms with Crippen molar-refractivity contribution in [3.05, 3.63) is 65.9 Å². The lowest BCUT2D eigenvalue weighted by Crippen LogP contribution is -1.98. The summed E-state index contributed by atoms with van der Waals surface area (Å²) in [7, 11) is 0. The summed E-state index contributed by atoms with van der Waals surface area (Å²) in [6.07, 6.45) is 0. The summed E-state index contributed by atoms with van der Waals surface area (Å²) in [5.41, 5.74) is 3.04. The zero-order valence-electron chi connectivity index (χ0n) is 11.2. The van der Waals surface area contributed by atoms with Crippen LogP contribution in [-0.2, 0) is 6.61 Å². The molecule has 2 aromatic carbocycles. The molecular weight excluding hydrogens is 250 g/mol. The zero-order valence-corrected chi connectivity index (χ0v) is 11.2. The van der Waals surface area contributed by atoms with Crippen LogP contribution in [0.4, 0.5) is 0 Å². The molecule has 1 aromatic heterocycles. The minimum absolute atomic E-state index is 0.207. The van der Waals surface area contributed by atoms with Crippen LogP contribution >= 0.6 is 0 Å². The summed E-state index contributed by atoms with van der Waals surface area (Å²) >= 11 is 0. The summed E-state index contributed by atoms with van der Waals surface area (Å²) < 4.78 is 5.75. The fourth-order valence-corrected chi connectivity index (χ4v) is 2.25. The van der Waals surface area contributed by atoms with Gasteiger partial charge in [-0.15, -0.1) is 0 Å². The van der Waals surface area contributed by atoms with Crippen molar-refractivity contribution in [2.24, 2.45) is 0 Å². The van der Waals surface area contributed by atoms with Crippen molar-refractivity contribution in [2.45, 2.75) is 13.5 Å². The lowest BCUT2D eigenvalue weighted by molar-refractivity contribution is 0.305. The number of hydrogen-bond acceptors (Lipinski definition) is 3. The number of phenolic OH excluding ortho intramolecular Hbond substituents is 1. The van der Waals surface area contributed by atoms with Crippen LogP contribution in [0.15, 0.2) is 54.6 Å². The number of aromatic nitrogens is 1. The average Bonchev–Trinajstić information content (AvgIpc) is 2.44. The van der Waals surface area contributed by atoms with E-state index in [9.17, 15) is 5.11 Å². The van der Waals surface area contributed by atoms with Crippen LogP contribution in [0, 0.1) is 6.92 Å². The smallest absolute Gasteiger partial charge is 0.123 e. The quantitative estimate of drug-likeness (QED) is 0.782. The monoisotopic (exact) mass is 265 g/mol. The van der Waals surface area contributed by atoms with E-state index in [-0.39, 0.29) is 5.75 Å². The van der Waals surface area contributed by atoms with Crippen molar-refractivity contribution in [3.8, 4) is 11.5 Å².